The van der Waals surface area contributed by atoms with Crippen LogP contribution in [0.4, 0.5) is 0 Å². The molecule has 1 saturated carbocycles. The fourth-order valence-electron chi connectivity index (χ4n) is 8.90. The third-order valence-electron chi connectivity index (χ3n) is 12.6. The van der Waals surface area contributed by atoms with Crippen molar-refractivity contribution < 1.29 is 38.7 Å². The molecule has 0 heterocycles. The fraction of sp³-hybridized carbons (Fsp3) is 0.269. The molecule has 1 fully saturated rings. The van der Waals surface area contributed by atoms with Crippen molar-refractivity contribution in [2.24, 2.45) is 11.1 Å². The number of hydrogen-bond acceptors (Lipinski definition) is 8. The molecule has 2 amide bonds. The normalized spacial score (nSPS) is 14.4. The first-order valence-corrected chi connectivity index (χ1v) is 20.7. The lowest BCUT2D eigenvalue weighted by Gasteiger charge is -2.54. The van der Waals surface area contributed by atoms with Crippen molar-refractivity contribution in [3.63, 3.8) is 0 Å². The second-order valence-corrected chi connectivity index (χ2v) is 15.9. The second-order valence-electron chi connectivity index (χ2n) is 15.9. The van der Waals surface area contributed by atoms with Crippen molar-refractivity contribution in [1.29, 1.82) is 0 Å². The van der Waals surface area contributed by atoms with E-state index in [1.807, 2.05) is 60.7 Å². The molecule has 6 aromatic rings. The predicted octanol–water partition coefficient (Wildman–Crippen LogP) is 7.60. The Hall–Kier alpha value is -6.62. The largest absolute Gasteiger partial charge is 0.497 e. The van der Waals surface area contributed by atoms with Crippen LogP contribution >= 0.6 is 0 Å². The quantitative estimate of drug-likeness (QED) is 0.0753. The van der Waals surface area contributed by atoms with E-state index in [9.17, 15) is 15.0 Å². The minimum atomic E-state index is -2.01. The topological polar surface area (TPSA) is 141 Å². The van der Waals surface area contributed by atoms with Gasteiger partial charge in [-0.1, -0.05) is 116 Å². The van der Waals surface area contributed by atoms with Gasteiger partial charge in [-0.25, -0.2) is 0 Å². The molecule has 6 aromatic carbocycles. The van der Waals surface area contributed by atoms with Crippen LogP contribution in [-0.4, -0.2) is 67.5 Å². The van der Waals surface area contributed by atoms with Crippen molar-refractivity contribution in [1.82, 2.24) is 4.90 Å². The van der Waals surface area contributed by atoms with Gasteiger partial charge in [-0.2, -0.15) is 0 Å². The van der Waals surface area contributed by atoms with Crippen molar-refractivity contribution >= 4 is 11.8 Å². The number of rotatable bonds is 18. The molecule has 2 atom stereocenters. The first kappa shape index (κ1) is 43.5. The zero-order chi connectivity index (χ0) is 43.9. The minimum absolute atomic E-state index is 0.0859. The van der Waals surface area contributed by atoms with Crippen molar-refractivity contribution in [2.45, 2.75) is 55.4 Å². The molecule has 4 N–H and O–H groups in total. The first-order chi connectivity index (χ1) is 30.0. The number of benzene rings is 6. The third kappa shape index (κ3) is 8.23. The van der Waals surface area contributed by atoms with Crippen LogP contribution in [-0.2, 0) is 33.6 Å². The fourth-order valence-corrected chi connectivity index (χ4v) is 8.90. The number of carbonyl (C=O) groups excluding carboxylic acids is 2. The molecule has 10 heteroatoms. The molecule has 0 radical (unpaired) electrons. The van der Waals surface area contributed by atoms with E-state index >= 15 is 4.79 Å². The van der Waals surface area contributed by atoms with Gasteiger partial charge in [-0.3, -0.25) is 9.59 Å². The van der Waals surface area contributed by atoms with Crippen molar-refractivity contribution in [3.05, 3.63) is 191 Å². The average Bonchev–Trinajstić information content (AvgIpc) is 3.30. The Morgan fingerprint density at radius 1 is 0.532 bits per heavy atom. The summed E-state index contributed by atoms with van der Waals surface area (Å²) in [5, 5.41) is 28.3. The molecule has 10 nitrogen and oxygen atoms in total. The van der Waals surface area contributed by atoms with Gasteiger partial charge in [0.1, 0.15) is 39.6 Å². The Kier molecular flexibility index (Phi) is 13.0. The number of ether oxygens (including phenoxy) is 4. The second kappa shape index (κ2) is 18.6. The summed E-state index contributed by atoms with van der Waals surface area (Å²) in [6.45, 7) is 0. The Labute approximate surface area is 363 Å². The number of carbonyl (C=O) groups is 2. The molecule has 62 heavy (non-hydrogen) atoms. The summed E-state index contributed by atoms with van der Waals surface area (Å²) in [7, 11) is 6.27. The highest BCUT2D eigenvalue weighted by atomic mass is 16.5. The maximum Gasteiger partial charge on any atom is 0.239 e. The molecule has 1 aliphatic rings. The number of nitrogens with zero attached hydrogens (tertiary/aromatic N) is 1. The van der Waals surface area contributed by atoms with Crippen LogP contribution < -0.4 is 24.7 Å². The van der Waals surface area contributed by atoms with E-state index in [1.54, 1.807) is 130 Å². The smallest absolute Gasteiger partial charge is 0.239 e. The lowest BCUT2D eigenvalue weighted by atomic mass is 9.65. The van der Waals surface area contributed by atoms with E-state index in [-0.39, 0.29) is 25.7 Å². The van der Waals surface area contributed by atoms with Crippen LogP contribution in [0.25, 0.3) is 0 Å². The Balaban J connectivity index is 1.62. The molecule has 0 saturated heterocycles. The van der Waals surface area contributed by atoms with Gasteiger partial charge in [0.25, 0.3) is 0 Å². The zero-order valence-electron chi connectivity index (χ0n) is 35.6. The van der Waals surface area contributed by atoms with Crippen molar-refractivity contribution in [3.8, 4) is 23.0 Å². The number of nitrogens with two attached hydrogens (primary N) is 1. The van der Waals surface area contributed by atoms with E-state index in [1.165, 1.54) is 0 Å². The number of hydrogen-bond donors (Lipinski definition) is 3. The van der Waals surface area contributed by atoms with Gasteiger partial charge in [0.15, 0.2) is 0 Å². The summed E-state index contributed by atoms with van der Waals surface area (Å²) in [4.78, 5) is 31.8. The van der Waals surface area contributed by atoms with Gasteiger partial charge < -0.3 is 39.8 Å². The summed E-state index contributed by atoms with van der Waals surface area (Å²) in [5.74, 6) is 0.919. The maximum absolute atomic E-state index is 16.3. The van der Waals surface area contributed by atoms with Gasteiger partial charge in [-0.05, 0) is 108 Å². The lowest BCUT2D eigenvalue weighted by molar-refractivity contribution is -0.172. The first-order valence-electron chi connectivity index (χ1n) is 20.7. The van der Waals surface area contributed by atoms with E-state index in [2.05, 4.69) is 0 Å². The Morgan fingerprint density at radius 3 is 1.05 bits per heavy atom. The third-order valence-corrected chi connectivity index (χ3v) is 12.6. The zero-order valence-corrected chi connectivity index (χ0v) is 35.6. The summed E-state index contributed by atoms with van der Waals surface area (Å²) in [6, 6.07) is 45.1. The lowest BCUT2D eigenvalue weighted by Crippen LogP contribution is -2.68. The van der Waals surface area contributed by atoms with Crippen LogP contribution in [0.1, 0.15) is 52.6 Å². The molecule has 320 valence electrons. The van der Waals surface area contributed by atoms with Crippen LogP contribution in [0.15, 0.2) is 158 Å². The Bertz CT molecular complexity index is 2160. The molecule has 0 spiro atoms. The van der Waals surface area contributed by atoms with E-state index in [4.69, 9.17) is 24.7 Å². The van der Waals surface area contributed by atoms with Gasteiger partial charge in [0.05, 0.1) is 40.5 Å². The maximum atomic E-state index is 16.3. The number of amides is 2. The van der Waals surface area contributed by atoms with E-state index in [0.29, 0.717) is 51.7 Å². The van der Waals surface area contributed by atoms with Gasteiger partial charge in [0.2, 0.25) is 11.8 Å². The van der Waals surface area contributed by atoms with Crippen LogP contribution in [0, 0.1) is 5.41 Å². The molecular weight excluding hydrogens is 781 g/mol. The van der Waals surface area contributed by atoms with E-state index < -0.39 is 40.5 Å². The van der Waals surface area contributed by atoms with Crippen LogP contribution in [0.5, 0.6) is 23.0 Å². The highest BCUT2D eigenvalue weighted by Crippen LogP contribution is 2.50. The number of aliphatic hydroxyl groups is 2. The summed E-state index contributed by atoms with van der Waals surface area (Å²) >= 11 is 0. The standard InChI is InChI=1S/C52H54N2O8/c1-59-42-24-16-38(17-25-42)51(57,39-18-26-43(60-2)27-19-39)46(34-36-12-7-5-8-13-36)54(49(56)50(48(53)55)32-11-33-50)47(35-37-14-9-6-10-15-37)52(58,40-20-28-44(61-3)29-21-40)41-22-30-45(62-4)31-23-41/h5-10,12-31,46-47,57-58H,11,32-35H2,1-4H3,(H2,53,55)/t46-,47-/m1/s1. The number of methoxy groups -OCH3 is 4. The van der Waals surface area contributed by atoms with Crippen LogP contribution in [0.3, 0.4) is 0 Å². The SMILES string of the molecule is COc1ccc(C(O)(c2ccc(OC)cc2)[C@@H](Cc2ccccc2)N(C(=O)C2(C(N)=O)CCC2)[C@H](Cc2ccccc2)C(O)(c2ccc(OC)cc2)c2ccc(OC)cc2)cc1. The summed E-state index contributed by atoms with van der Waals surface area (Å²) in [6.07, 6.45) is 1.18. The molecule has 0 unspecified atom stereocenters. The monoisotopic (exact) mass is 834 g/mol. The molecule has 7 rings (SSSR count). The predicted molar refractivity (Wildman–Crippen MR) is 238 cm³/mol. The minimum Gasteiger partial charge on any atom is -0.497 e. The van der Waals surface area contributed by atoms with Gasteiger partial charge in [-0.15, -0.1) is 0 Å². The van der Waals surface area contributed by atoms with Gasteiger partial charge in [0, 0.05) is 0 Å². The highest BCUT2D eigenvalue weighted by Gasteiger charge is 2.59. The average molecular weight is 835 g/mol. The molecule has 0 aromatic heterocycles. The van der Waals surface area contributed by atoms with Crippen molar-refractivity contribution in [2.75, 3.05) is 28.4 Å². The number of primary amides is 1. The molecule has 1 aliphatic carbocycles. The highest BCUT2D eigenvalue weighted by molar-refractivity contribution is 6.05. The van der Waals surface area contributed by atoms with Gasteiger partial charge >= 0.3 is 0 Å². The summed E-state index contributed by atoms with van der Waals surface area (Å²) < 4.78 is 22.3. The summed E-state index contributed by atoms with van der Waals surface area (Å²) in [5.41, 5.74) is 4.03. The molecule has 0 aliphatic heterocycles. The molecule has 0 bridgehead atoms. The van der Waals surface area contributed by atoms with Crippen LogP contribution in [0.2, 0.25) is 0 Å². The van der Waals surface area contributed by atoms with E-state index in [0.717, 1.165) is 11.1 Å². The molecular formula is C52H54N2O8. The Morgan fingerprint density at radius 2 is 0.823 bits per heavy atom.